The van der Waals surface area contributed by atoms with Crippen LogP contribution in [0, 0.1) is 6.07 Å². The lowest BCUT2D eigenvalue weighted by atomic mass is 10.3. The van der Waals surface area contributed by atoms with Crippen LogP contribution in [0.5, 0.6) is 0 Å². The van der Waals surface area contributed by atoms with Crippen molar-refractivity contribution in [2.45, 2.75) is 13.8 Å². The number of hydrogen-bond acceptors (Lipinski definition) is 1. The number of hydrogen-bond donors (Lipinski definition) is 0. The summed E-state index contributed by atoms with van der Waals surface area (Å²) < 4.78 is 0. The summed E-state index contributed by atoms with van der Waals surface area (Å²) in [6, 6.07) is 8.81. The molecule has 1 aromatic rings. The molecule has 12 heavy (non-hydrogen) atoms. The highest BCUT2D eigenvalue weighted by Crippen LogP contribution is 2.23. The predicted octanol–water partition coefficient (Wildman–Crippen LogP) is 2.99. The molecule has 0 atom stereocenters. The van der Waals surface area contributed by atoms with Crippen LogP contribution in [0.2, 0.25) is 5.02 Å². The van der Waals surface area contributed by atoms with Crippen molar-refractivity contribution in [1.82, 2.24) is 0 Å². The number of anilines is 1. The van der Waals surface area contributed by atoms with Crippen molar-refractivity contribution >= 4 is 17.3 Å². The largest absolute Gasteiger partial charge is 0.370 e. The fraction of sp³-hybridized carbons (Fsp3) is 0.400. The van der Waals surface area contributed by atoms with E-state index < -0.39 is 0 Å². The fourth-order valence-electron chi connectivity index (χ4n) is 1.19. The quantitative estimate of drug-likeness (QED) is 0.695. The molecule has 0 saturated carbocycles. The molecule has 0 unspecified atom stereocenters. The van der Waals surface area contributed by atoms with Crippen molar-refractivity contribution in [3.05, 3.63) is 29.3 Å². The summed E-state index contributed by atoms with van der Waals surface area (Å²) in [4.78, 5) is 2.18. The molecule has 1 nitrogen and oxygen atoms in total. The van der Waals surface area contributed by atoms with E-state index in [0.29, 0.717) is 0 Å². The van der Waals surface area contributed by atoms with Crippen LogP contribution < -0.4 is 4.90 Å². The van der Waals surface area contributed by atoms with Gasteiger partial charge in [0.25, 0.3) is 0 Å². The van der Waals surface area contributed by atoms with Gasteiger partial charge in [0.1, 0.15) is 0 Å². The summed E-state index contributed by atoms with van der Waals surface area (Å²) in [7, 11) is 0. The van der Waals surface area contributed by atoms with Crippen LogP contribution in [-0.4, -0.2) is 13.1 Å². The van der Waals surface area contributed by atoms with Gasteiger partial charge in [-0.15, -0.1) is 0 Å². The number of halogens is 1. The maximum atomic E-state index is 6.00. The molecule has 0 aliphatic heterocycles. The van der Waals surface area contributed by atoms with E-state index in [4.69, 9.17) is 11.6 Å². The average molecular weight is 183 g/mol. The maximum Gasteiger partial charge on any atom is 0.0645 e. The fourth-order valence-corrected chi connectivity index (χ4v) is 1.44. The van der Waals surface area contributed by atoms with Crippen molar-refractivity contribution in [2.24, 2.45) is 0 Å². The third kappa shape index (κ3) is 1.92. The molecule has 2 heteroatoms. The van der Waals surface area contributed by atoms with Crippen molar-refractivity contribution < 1.29 is 0 Å². The Hall–Kier alpha value is -0.690. The van der Waals surface area contributed by atoms with Crippen molar-refractivity contribution in [3.8, 4) is 0 Å². The summed E-state index contributed by atoms with van der Waals surface area (Å²) in [6.07, 6.45) is 0. The Balaban J connectivity index is 2.92. The minimum absolute atomic E-state index is 0.779. The first-order valence-electron chi connectivity index (χ1n) is 4.20. The molecular formula is C10H13ClN. The summed E-state index contributed by atoms with van der Waals surface area (Å²) in [5.41, 5.74) is 1.00. The van der Waals surface area contributed by atoms with Crippen LogP contribution in [0.15, 0.2) is 18.2 Å². The highest BCUT2D eigenvalue weighted by Gasteiger charge is 2.04. The van der Waals surface area contributed by atoms with Gasteiger partial charge in [0, 0.05) is 19.2 Å². The number of para-hydroxylation sites is 1. The standard InChI is InChI=1S/C10H13ClN/c1-3-12(4-2)10-8-6-5-7-9(10)11/h5-7H,3-4H2,1-2H3. The van der Waals surface area contributed by atoms with Crippen LogP contribution in [0.4, 0.5) is 5.69 Å². The van der Waals surface area contributed by atoms with Crippen molar-refractivity contribution in [3.63, 3.8) is 0 Å². The Morgan fingerprint density at radius 3 is 2.58 bits per heavy atom. The van der Waals surface area contributed by atoms with E-state index in [9.17, 15) is 0 Å². The van der Waals surface area contributed by atoms with E-state index in [0.717, 1.165) is 23.8 Å². The monoisotopic (exact) mass is 182 g/mol. The molecule has 0 bridgehead atoms. The van der Waals surface area contributed by atoms with Gasteiger partial charge in [0.15, 0.2) is 0 Å². The average Bonchev–Trinajstić information content (AvgIpc) is 2.10. The normalized spacial score (nSPS) is 9.92. The first kappa shape index (κ1) is 9.40. The smallest absolute Gasteiger partial charge is 0.0645 e. The van der Waals surface area contributed by atoms with Gasteiger partial charge in [-0.3, -0.25) is 0 Å². The van der Waals surface area contributed by atoms with Gasteiger partial charge in [-0.25, -0.2) is 0 Å². The number of rotatable bonds is 3. The van der Waals surface area contributed by atoms with Gasteiger partial charge in [-0.05, 0) is 19.9 Å². The lowest BCUT2D eigenvalue weighted by Gasteiger charge is -2.21. The first-order valence-corrected chi connectivity index (χ1v) is 4.58. The van der Waals surface area contributed by atoms with Crippen LogP contribution in [0.3, 0.4) is 0 Å². The van der Waals surface area contributed by atoms with Gasteiger partial charge >= 0.3 is 0 Å². The second-order valence-electron chi connectivity index (χ2n) is 2.54. The minimum Gasteiger partial charge on any atom is -0.370 e. The molecular weight excluding hydrogens is 170 g/mol. The van der Waals surface area contributed by atoms with E-state index in [1.54, 1.807) is 0 Å². The van der Waals surface area contributed by atoms with Crippen LogP contribution in [-0.2, 0) is 0 Å². The number of benzene rings is 1. The van der Waals surface area contributed by atoms with E-state index in [1.807, 2.05) is 18.2 Å². The van der Waals surface area contributed by atoms with Gasteiger partial charge in [-0.1, -0.05) is 23.7 Å². The Morgan fingerprint density at radius 1 is 1.42 bits per heavy atom. The molecule has 1 aromatic carbocycles. The molecule has 0 aliphatic rings. The molecule has 0 fully saturated rings. The Morgan fingerprint density at radius 2 is 2.08 bits per heavy atom. The highest BCUT2D eigenvalue weighted by atomic mass is 35.5. The first-order chi connectivity index (χ1) is 5.79. The molecule has 0 N–H and O–H groups in total. The van der Waals surface area contributed by atoms with Gasteiger partial charge < -0.3 is 4.90 Å². The van der Waals surface area contributed by atoms with Crippen LogP contribution >= 0.6 is 11.6 Å². The Labute approximate surface area is 79.0 Å². The molecule has 0 aromatic heterocycles. The molecule has 0 amide bonds. The van der Waals surface area contributed by atoms with Crippen LogP contribution in [0.25, 0.3) is 0 Å². The Kier molecular flexibility index (Phi) is 3.42. The molecule has 1 rings (SSSR count). The Bertz CT molecular complexity index is 243. The summed E-state index contributed by atoms with van der Waals surface area (Å²) in [6.45, 7) is 6.16. The van der Waals surface area contributed by atoms with Crippen LogP contribution in [0.1, 0.15) is 13.8 Å². The molecule has 0 heterocycles. The van der Waals surface area contributed by atoms with E-state index in [2.05, 4.69) is 24.8 Å². The zero-order chi connectivity index (χ0) is 8.97. The lowest BCUT2D eigenvalue weighted by molar-refractivity contribution is 0.866. The number of nitrogens with zero attached hydrogens (tertiary/aromatic N) is 1. The zero-order valence-corrected chi connectivity index (χ0v) is 8.23. The van der Waals surface area contributed by atoms with E-state index >= 15 is 0 Å². The second-order valence-corrected chi connectivity index (χ2v) is 2.95. The maximum absolute atomic E-state index is 6.00. The predicted molar refractivity (Wildman–Crippen MR) is 53.8 cm³/mol. The topological polar surface area (TPSA) is 3.24 Å². The molecule has 1 radical (unpaired) electrons. The zero-order valence-electron chi connectivity index (χ0n) is 7.47. The highest BCUT2D eigenvalue weighted by molar-refractivity contribution is 6.33. The molecule has 65 valence electrons. The third-order valence-corrected chi connectivity index (χ3v) is 2.17. The summed E-state index contributed by atoms with van der Waals surface area (Å²) >= 11 is 6.00. The summed E-state index contributed by atoms with van der Waals surface area (Å²) in [5.74, 6) is 0. The minimum atomic E-state index is 0.779. The van der Waals surface area contributed by atoms with Crippen molar-refractivity contribution in [1.29, 1.82) is 0 Å². The van der Waals surface area contributed by atoms with E-state index in [1.165, 1.54) is 0 Å². The van der Waals surface area contributed by atoms with E-state index in [-0.39, 0.29) is 0 Å². The third-order valence-electron chi connectivity index (χ3n) is 1.86. The van der Waals surface area contributed by atoms with Gasteiger partial charge in [0.2, 0.25) is 0 Å². The molecule has 0 saturated heterocycles. The van der Waals surface area contributed by atoms with Gasteiger partial charge in [-0.2, -0.15) is 0 Å². The summed E-state index contributed by atoms with van der Waals surface area (Å²) in [5, 5.41) is 0.779. The SMILES string of the molecule is CCN(CC)c1[c]cccc1Cl. The molecule has 0 spiro atoms. The molecule has 0 aliphatic carbocycles. The van der Waals surface area contributed by atoms with Crippen molar-refractivity contribution in [2.75, 3.05) is 18.0 Å². The lowest BCUT2D eigenvalue weighted by Crippen LogP contribution is -2.22. The second kappa shape index (κ2) is 4.36. The van der Waals surface area contributed by atoms with Gasteiger partial charge in [0.05, 0.1) is 10.7 Å².